The van der Waals surface area contributed by atoms with Gasteiger partial charge < -0.3 is 0 Å². The highest BCUT2D eigenvalue weighted by Crippen LogP contribution is 2.23. The first-order valence-electron chi connectivity index (χ1n) is 8.48. The molecule has 0 radical (unpaired) electrons. The van der Waals surface area contributed by atoms with Crippen LogP contribution in [0, 0.1) is 0 Å². The Kier molecular flexibility index (Phi) is 4.26. The molecule has 24 heavy (non-hydrogen) atoms. The summed E-state index contributed by atoms with van der Waals surface area (Å²) < 4.78 is 2.16. The van der Waals surface area contributed by atoms with Crippen LogP contribution >= 0.6 is 11.3 Å². The molecule has 1 aliphatic rings. The number of fused-ring (bicyclic) bond motifs is 1. The molecule has 1 aromatic heterocycles. The molecule has 3 heteroatoms. The van der Waals surface area contributed by atoms with E-state index in [4.69, 9.17) is 0 Å². The summed E-state index contributed by atoms with van der Waals surface area (Å²) in [6, 6.07) is 18.2. The van der Waals surface area contributed by atoms with E-state index in [2.05, 4.69) is 22.2 Å². The zero-order valence-electron chi connectivity index (χ0n) is 13.6. The topological polar surface area (TPSA) is 20.9 Å². The van der Waals surface area contributed by atoms with E-state index in [1.807, 2.05) is 42.5 Å². The summed E-state index contributed by atoms with van der Waals surface area (Å²) in [7, 11) is 0. The Labute approximate surface area is 146 Å². The first-order chi connectivity index (χ1) is 11.8. The smallest absolute Gasteiger partial charge is 0.227 e. The minimum Gasteiger partial charge on any atom is -0.287 e. The third kappa shape index (κ3) is 3.04. The minimum atomic E-state index is 0.186. The highest BCUT2D eigenvalue weighted by atomic mass is 32.1. The van der Waals surface area contributed by atoms with Crippen LogP contribution in [0.25, 0.3) is 11.1 Å². The minimum absolute atomic E-state index is 0.186. The highest BCUT2D eigenvalue weighted by Gasteiger charge is 2.24. The van der Waals surface area contributed by atoms with Gasteiger partial charge in [0.1, 0.15) is 0 Å². The van der Waals surface area contributed by atoms with Gasteiger partial charge >= 0.3 is 0 Å². The molecule has 1 heterocycles. The summed E-state index contributed by atoms with van der Waals surface area (Å²) in [4.78, 5) is 14.1. The Hall–Kier alpha value is -2.26. The van der Waals surface area contributed by atoms with E-state index in [0.717, 1.165) is 17.5 Å². The first-order valence-corrected chi connectivity index (χ1v) is 9.36. The van der Waals surface area contributed by atoms with E-state index >= 15 is 0 Å². The maximum Gasteiger partial charge on any atom is 0.227 e. The van der Waals surface area contributed by atoms with Crippen molar-refractivity contribution in [2.24, 2.45) is 0 Å². The Balaban J connectivity index is 1.52. The van der Waals surface area contributed by atoms with Crippen molar-refractivity contribution in [3.8, 4) is 11.1 Å². The average Bonchev–Trinajstić information content (AvgIpc) is 3.06. The van der Waals surface area contributed by atoms with E-state index < -0.39 is 0 Å². The number of ketones is 1. The largest absolute Gasteiger partial charge is 0.287 e. The fourth-order valence-corrected chi connectivity index (χ4v) is 4.41. The quantitative estimate of drug-likeness (QED) is 0.509. The number of benzene rings is 2. The molecule has 2 aromatic carbocycles. The summed E-state index contributed by atoms with van der Waals surface area (Å²) in [6.45, 7) is 0.455. The molecule has 1 aliphatic carbocycles. The van der Waals surface area contributed by atoms with Crippen molar-refractivity contribution in [1.29, 1.82) is 0 Å². The maximum atomic E-state index is 12.6. The molecule has 120 valence electrons. The Morgan fingerprint density at radius 1 is 0.917 bits per heavy atom. The van der Waals surface area contributed by atoms with Crippen molar-refractivity contribution in [2.45, 2.75) is 32.2 Å². The summed E-state index contributed by atoms with van der Waals surface area (Å²) in [5.41, 5.74) is 6.61. The second-order valence-corrected chi connectivity index (χ2v) is 7.23. The second kappa shape index (κ2) is 6.70. The van der Waals surface area contributed by atoms with E-state index in [0.29, 0.717) is 6.54 Å². The van der Waals surface area contributed by atoms with Gasteiger partial charge in [-0.1, -0.05) is 65.9 Å². The van der Waals surface area contributed by atoms with Crippen molar-refractivity contribution < 1.29 is 9.36 Å². The molecule has 0 amide bonds. The Bertz CT molecular complexity index is 849. The lowest BCUT2D eigenvalue weighted by Gasteiger charge is -2.07. The molecule has 0 saturated heterocycles. The van der Waals surface area contributed by atoms with Crippen LogP contribution in [0.5, 0.6) is 0 Å². The number of aromatic nitrogens is 1. The molecule has 2 nitrogen and oxygen atoms in total. The molecule has 0 N–H and O–H groups in total. The van der Waals surface area contributed by atoms with E-state index in [1.165, 1.54) is 35.4 Å². The standard InChI is InChI=1S/C21H20NOS/c23-20(14-22-15-24-21-9-5-4-8-19(21)22)18-12-10-17(11-13-18)16-6-2-1-3-7-16/h1-3,6-7,10-13,15H,4-5,8-9,14H2/q+1. The normalized spacial score (nSPS) is 13.5. The monoisotopic (exact) mass is 334 g/mol. The Morgan fingerprint density at radius 3 is 2.42 bits per heavy atom. The number of hydrogen-bond acceptors (Lipinski definition) is 2. The zero-order chi connectivity index (χ0) is 16.4. The summed E-state index contributed by atoms with van der Waals surface area (Å²) in [5.74, 6) is 0.186. The van der Waals surface area contributed by atoms with Gasteiger partial charge in [-0.2, -0.15) is 4.57 Å². The number of aryl methyl sites for hydroxylation is 1. The third-order valence-corrected chi connectivity index (χ3v) is 5.77. The SMILES string of the molecule is O=C(C[n+]1csc2c1CCCC2)c1ccc(-c2ccccc2)cc1. The van der Waals surface area contributed by atoms with Crippen molar-refractivity contribution >= 4 is 17.1 Å². The van der Waals surface area contributed by atoms with E-state index in [1.54, 1.807) is 11.3 Å². The highest BCUT2D eigenvalue weighted by molar-refractivity contribution is 7.09. The van der Waals surface area contributed by atoms with Crippen LogP contribution in [0.1, 0.15) is 33.8 Å². The van der Waals surface area contributed by atoms with Crippen molar-refractivity contribution in [3.63, 3.8) is 0 Å². The number of hydrogen-bond donors (Lipinski definition) is 0. The number of thiazole rings is 1. The molecule has 3 aromatic rings. The van der Waals surface area contributed by atoms with Crippen LogP contribution in [0.2, 0.25) is 0 Å². The molecule has 0 spiro atoms. The molecular formula is C21H20NOS+. The van der Waals surface area contributed by atoms with Gasteiger partial charge in [0.25, 0.3) is 0 Å². The summed E-state index contributed by atoms with van der Waals surface area (Å²) in [6.07, 6.45) is 4.80. The van der Waals surface area contributed by atoms with Crippen LogP contribution in [-0.2, 0) is 19.4 Å². The second-order valence-electron chi connectivity index (χ2n) is 6.29. The fraction of sp³-hybridized carbons (Fsp3) is 0.238. The van der Waals surface area contributed by atoms with Gasteiger partial charge in [-0.3, -0.25) is 4.79 Å². The Morgan fingerprint density at radius 2 is 1.62 bits per heavy atom. The van der Waals surface area contributed by atoms with Gasteiger partial charge in [0.2, 0.25) is 17.8 Å². The fourth-order valence-electron chi connectivity index (χ4n) is 3.34. The molecular weight excluding hydrogens is 314 g/mol. The van der Waals surface area contributed by atoms with Crippen molar-refractivity contribution in [3.05, 3.63) is 76.2 Å². The first kappa shape index (κ1) is 15.3. The lowest BCUT2D eigenvalue weighted by atomic mass is 10.0. The van der Waals surface area contributed by atoms with Gasteiger partial charge in [0.15, 0.2) is 5.69 Å². The predicted molar refractivity (Wildman–Crippen MR) is 97.4 cm³/mol. The van der Waals surface area contributed by atoms with Crippen LogP contribution in [0.3, 0.4) is 0 Å². The van der Waals surface area contributed by atoms with Crippen LogP contribution in [-0.4, -0.2) is 5.78 Å². The zero-order valence-corrected chi connectivity index (χ0v) is 14.4. The van der Waals surface area contributed by atoms with Crippen molar-refractivity contribution in [2.75, 3.05) is 0 Å². The number of nitrogens with zero attached hydrogens (tertiary/aromatic N) is 1. The van der Waals surface area contributed by atoms with Gasteiger partial charge in [-0.15, -0.1) is 0 Å². The van der Waals surface area contributed by atoms with Gasteiger partial charge in [0, 0.05) is 12.0 Å². The summed E-state index contributed by atoms with van der Waals surface area (Å²) in [5, 5.41) is 0. The van der Waals surface area contributed by atoms with Crippen LogP contribution in [0.15, 0.2) is 60.1 Å². The van der Waals surface area contributed by atoms with Crippen LogP contribution in [0.4, 0.5) is 0 Å². The predicted octanol–water partition coefficient (Wildman–Crippen LogP) is 4.46. The number of Topliss-reactive ketones (excluding diaryl/α,β-unsaturated/α-hetero) is 1. The van der Waals surface area contributed by atoms with E-state index in [-0.39, 0.29) is 5.78 Å². The molecule has 0 bridgehead atoms. The molecule has 0 fully saturated rings. The number of rotatable bonds is 4. The summed E-state index contributed by atoms with van der Waals surface area (Å²) >= 11 is 1.80. The van der Waals surface area contributed by atoms with Gasteiger partial charge in [-0.25, -0.2) is 0 Å². The number of carbonyl (C=O) groups excluding carboxylic acids is 1. The average molecular weight is 334 g/mol. The molecule has 0 aliphatic heterocycles. The van der Waals surface area contributed by atoms with E-state index in [9.17, 15) is 4.79 Å². The maximum absolute atomic E-state index is 12.6. The molecule has 0 atom stereocenters. The lowest BCUT2D eigenvalue weighted by Crippen LogP contribution is -2.40. The van der Waals surface area contributed by atoms with Gasteiger partial charge in [0.05, 0.1) is 4.88 Å². The lowest BCUT2D eigenvalue weighted by molar-refractivity contribution is -0.686. The van der Waals surface area contributed by atoms with Gasteiger partial charge in [-0.05, 0) is 30.4 Å². The number of carbonyl (C=O) groups is 1. The molecule has 4 rings (SSSR count). The van der Waals surface area contributed by atoms with Crippen LogP contribution < -0.4 is 4.57 Å². The molecule has 0 saturated carbocycles. The molecule has 0 unspecified atom stereocenters. The van der Waals surface area contributed by atoms with Crippen molar-refractivity contribution in [1.82, 2.24) is 0 Å². The third-order valence-electron chi connectivity index (χ3n) is 4.69.